The molecule has 7 nitrogen and oxygen atoms in total. The first kappa shape index (κ1) is 13.6. The average molecular weight is 248 g/mol. The molecule has 0 atom stereocenters. The van der Waals surface area contributed by atoms with Crippen molar-refractivity contribution in [2.75, 3.05) is 18.9 Å². The first-order chi connectivity index (χ1) is 8.58. The Balaban J connectivity index is 2.92. The highest BCUT2D eigenvalue weighted by Crippen LogP contribution is 2.25. The van der Waals surface area contributed by atoms with Crippen LogP contribution in [0, 0.1) is 21.4 Å². The van der Waals surface area contributed by atoms with Crippen molar-refractivity contribution in [3.05, 3.63) is 33.9 Å². The second-order valence-electron chi connectivity index (χ2n) is 3.50. The zero-order valence-corrected chi connectivity index (χ0v) is 9.77. The second kappa shape index (κ2) is 6.32. The second-order valence-corrected chi connectivity index (χ2v) is 3.50. The lowest BCUT2D eigenvalue weighted by molar-refractivity contribution is -0.383. The number of hydrogen-bond acceptors (Lipinski definition) is 5. The maximum atomic E-state index is 11.5. The summed E-state index contributed by atoms with van der Waals surface area (Å²) in [5.74, 6) is -0.322. The van der Waals surface area contributed by atoms with Crippen LogP contribution in [0.2, 0.25) is 0 Å². The third-order valence-corrected chi connectivity index (χ3v) is 2.20. The Morgan fingerprint density at radius 1 is 1.56 bits per heavy atom. The van der Waals surface area contributed by atoms with Crippen molar-refractivity contribution in [1.29, 1.82) is 5.26 Å². The van der Waals surface area contributed by atoms with Crippen molar-refractivity contribution < 1.29 is 9.72 Å². The SMILES string of the molecule is CNCCC(=O)Nc1ccc(C#N)cc1[N+](=O)[O-]. The van der Waals surface area contributed by atoms with E-state index in [1.165, 1.54) is 12.1 Å². The number of hydrogen-bond donors (Lipinski definition) is 2. The minimum atomic E-state index is -0.630. The van der Waals surface area contributed by atoms with E-state index in [-0.39, 0.29) is 29.3 Å². The molecule has 0 saturated heterocycles. The van der Waals surface area contributed by atoms with Gasteiger partial charge in [0.15, 0.2) is 0 Å². The van der Waals surface area contributed by atoms with Gasteiger partial charge in [-0.3, -0.25) is 14.9 Å². The van der Waals surface area contributed by atoms with Gasteiger partial charge < -0.3 is 10.6 Å². The molecule has 0 fully saturated rings. The largest absolute Gasteiger partial charge is 0.320 e. The molecule has 0 saturated carbocycles. The molecule has 18 heavy (non-hydrogen) atoms. The fourth-order valence-corrected chi connectivity index (χ4v) is 1.31. The van der Waals surface area contributed by atoms with Crippen LogP contribution in [0.15, 0.2) is 18.2 Å². The number of nitriles is 1. The molecule has 0 aliphatic heterocycles. The molecule has 1 rings (SSSR count). The van der Waals surface area contributed by atoms with E-state index in [2.05, 4.69) is 10.6 Å². The summed E-state index contributed by atoms with van der Waals surface area (Å²) in [5, 5.41) is 24.7. The Kier molecular flexibility index (Phi) is 4.78. The summed E-state index contributed by atoms with van der Waals surface area (Å²) in [6.45, 7) is 0.482. The molecule has 0 aromatic heterocycles. The van der Waals surface area contributed by atoms with Crippen LogP contribution in [0.4, 0.5) is 11.4 Å². The highest BCUT2D eigenvalue weighted by atomic mass is 16.6. The van der Waals surface area contributed by atoms with E-state index in [9.17, 15) is 14.9 Å². The molecule has 0 aliphatic rings. The predicted octanol–water partition coefficient (Wildman–Crippen LogP) is 1.01. The van der Waals surface area contributed by atoms with E-state index in [1.54, 1.807) is 7.05 Å². The zero-order valence-electron chi connectivity index (χ0n) is 9.77. The van der Waals surface area contributed by atoms with Gasteiger partial charge in [-0.1, -0.05) is 0 Å². The van der Waals surface area contributed by atoms with Gasteiger partial charge >= 0.3 is 0 Å². The summed E-state index contributed by atoms with van der Waals surface area (Å²) < 4.78 is 0. The smallest absolute Gasteiger partial charge is 0.294 e. The summed E-state index contributed by atoms with van der Waals surface area (Å²) in [7, 11) is 1.71. The van der Waals surface area contributed by atoms with Gasteiger partial charge in [-0.2, -0.15) is 5.26 Å². The topological polar surface area (TPSA) is 108 Å². The Hall–Kier alpha value is -2.46. The highest BCUT2D eigenvalue weighted by Gasteiger charge is 2.16. The number of nitrogens with zero attached hydrogens (tertiary/aromatic N) is 2. The Morgan fingerprint density at radius 2 is 2.28 bits per heavy atom. The van der Waals surface area contributed by atoms with Crippen LogP contribution < -0.4 is 10.6 Å². The quantitative estimate of drug-likeness (QED) is 0.597. The van der Waals surface area contributed by atoms with Crippen molar-refractivity contribution in [3.8, 4) is 6.07 Å². The number of nitro benzene ring substituents is 1. The number of carbonyl (C=O) groups excluding carboxylic acids is 1. The van der Waals surface area contributed by atoms with Gasteiger partial charge in [-0.05, 0) is 19.2 Å². The summed E-state index contributed by atoms with van der Waals surface area (Å²) in [6.07, 6.45) is 0.216. The number of nitro groups is 1. The maximum Gasteiger partial charge on any atom is 0.294 e. The molecule has 0 radical (unpaired) electrons. The summed E-state index contributed by atoms with van der Waals surface area (Å²) in [5.41, 5.74) is -0.0121. The molecule has 7 heteroatoms. The molecule has 0 heterocycles. The number of rotatable bonds is 5. The Morgan fingerprint density at radius 3 is 2.83 bits per heavy atom. The van der Waals surface area contributed by atoms with Crippen LogP contribution in [0.5, 0.6) is 0 Å². The van der Waals surface area contributed by atoms with Gasteiger partial charge in [0, 0.05) is 19.0 Å². The third-order valence-electron chi connectivity index (χ3n) is 2.20. The molecule has 0 bridgehead atoms. The van der Waals surface area contributed by atoms with Gasteiger partial charge in [0.2, 0.25) is 5.91 Å². The lowest BCUT2D eigenvalue weighted by Gasteiger charge is -2.05. The van der Waals surface area contributed by atoms with E-state index < -0.39 is 4.92 Å². The standard InChI is InChI=1S/C11H12N4O3/c1-13-5-4-11(16)14-9-3-2-8(7-12)6-10(9)15(17)18/h2-3,6,13H,4-5H2,1H3,(H,14,16). The molecule has 2 N–H and O–H groups in total. The molecule has 1 aromatic carbocycles. The lowest BCUT2D eigenvalue weighted by atomic mass is 10.2. The molecule has 0 spiro atoms. The monoisotopic (exact) mass is 248 g/mol. The molecule has 0 aliphatic carbocycles. The Bertz CT molecular complexity index is 508. The Labute approximate surface area is 104 Å². The third kappa shape index (κ3) is 3.54. The van der Waals surface area contributed by atoms with Gasteiger partial charge in [-0.15, -0.1) is 0 Å². The average Bonchev–Trinajstić information content (AvgIpc) is 2.36. The van der Waals surface area contributed by atoms with Gasteiger partial charge in [-0.25, -0.2) is 0 Å². The van der Waals surface area contributed by atoms with Crippen molar-refractivity contribution in [1.82, 2.24) is 5.32 Å². The molecular formula is C11H12N4O3. The predicted molar refractivity (Wildman–Crippen MR) is 65.0 cm³/mol. The van der Waals surface area contributed by atoms with Crippen molar-refractivity contribution >= 4 is 17.3 Å². The summed E-state index contributed by atoms with van der Waals surface area (Å²) in [4.78, 5) is 21.6. The van der Waals surface area contributed by atoms with Crippen LogP contribution in [-0.4, -0.2) is 24.4 Å². The van der Waals surface area contributed by atoms with Crippen molar-refractivity contribution in [2.45, 2.75) is 6.42 Å². The van der Waals surface area contributed by atoms with Crippen LogP contribution in [-0.2, 0) is 4.79 Å². The highest BCUT2D eigenvalue weighted by molar-refractivity contribution is 5.93. The number of nitrogens with one attached hydrogen (secondary N) is 2. The molecule has 1 amide bonds. The first-order valence-corrected chi connectivity index (χ1v) is 5.21. The normalized spacial score (nSPS) is 9.56. The van der Waals surface area contributed by atoms with E-state index in [0.717, 1.165) is 6.07 Å². The van der Waals surface area contributed by atoms with Gasteiger partial charge in [0.1, 0.15) is 5.69 Å². The minimum absolute atomic E-state index is 0.0973. The number of amides is 1. The van der Waals surface area contributed by atoms with E-state index in [0.29, 0.717) is 6.54 Å². The fourth-order valence-electron chi connectivity index (χ4n) is 1.31. The van der Waals surface area contributed by atoms with Crippen molar-refractivity contribution in [3.63, 3.8) is 0 Å². The molecule has 1 aromatic rings. The van der Waals surface area contributed by atoms with Crippen molar-refractivity contribution in [2.24, 2.45) is 0 Å². The molecular weight excluding hydrogens is 236 g/mol. The van der Waals surface area contributed by atoms with Crippen LogP contribution >= 0.6 is 0 Å². The fraction of sp³-hybridized carbons (Fsp3) is 0.273. The van der Waals surface area contributed by atoms with E-state index >= 15 is 0 Å². The lowest BCUT2D eigenvalue weighted by Crippen LogP contribution is -2.19. The summed E-state index contributed by atoms with van der Waals surface area (Å²) >= 11 is 0. The van der Waals surface area contributed by atoms with Crippen LogP contribution in [0.1, 0.15) is 12.0 Å². The first-order valence-electron chi connectivity index (χ1n) is 5.21. The number of benzene rings is 1. The molecule has 0 unspecified atom stereocenters. The van der Waals surface area contributed by atoms with E-state index in [1.807, 2.05) is 6.07 Å². The minimum Gasteiger partial charge on any atom is -0.320 e. The molecule has 94 valence electrons. The zero-order chi connectivity index (χ0) is 13.5. The number of anilines is 1. The van der Waals surface area contributed by atoms with Crippen LogP contribution in [0.25, 0.3) is 0 Å². The summed E-state index contributed by atoms with van der Waals surface area (Å²) in [6, 6.07) is 5.71. The van der Waals surface area contributed by atoms with Gasteiger partial charge in [0.05, 0.1) is 16.6 Å². The maximum absolute atomic E-state index is 11.5. The van der Waals surface area contributed by atoms with Crippen LogP contribution in [0.3, 0.4) is 0 Å². The van der Waals surface area contributed by atoms with E-state index in [4.69, 9.17) is 5.26 Å². The van der Waals surface area contributed by atoms with Gasteiger partial charge in [0.25, 0.3) is 5.69 Å². The number of carbonyl (C=O) groups is 1.